The van der Waals surface area contributed by atoms with Crippen molar-refractivity contribution in [3.63, 3.8) is 0 Å². The Bertz CT molecular complexity index is 1070. The van der Waals surface area contributed by atoms with Crippen molar-refractivity contribution in [3.8, 4) is 11.4 Å². The molecule has 1 aromatic carbocycles. The summed E-state index contributed by atoms with van der Waals surface area (Å²) < 4.78 is 35.3. The lowest BCUT2D eigenvalue weighted by Crippen LogP contribution is -2.41. The highest BCUT2D eigenvalue weighted by molar-refractivity contribution is 7.89. The standard InChI is InChI=1S/C20H24N4O3S/c1-14-12-21-20(17-8-5-4-6-9-17)24(14)18-10-7-11-23(13-18)28(25,26)19-15(2)22-27-16(19)3/h4-6,8-9,12,18H,7,10-11,13H2,1-3H3. The molecule has 0 spiro atoms. The minimum absolute atomic E-state index is 0.0294. The van der Waals surface area contributed by atoms with Crippen LogP contribution in [0, 0.1) is 20.8 Å². The van der Waals surface area contributed by atoms with Crippen molar-refractivity contribution in [3.05, 3.63) is 53.7 Å². The lowest BCUT2D eigenvalue weighted by atomic mass is 10.1. The second-order valence-electron chi connectivity index (χ2n) is 7.27. The Morgan fingerprint density at radius 1 is 1.14 bits per heavy atom. The first-order chi connectivity index (χ1) is 13.4. The molecule has 1 aliphatic rings. The van der Waals surface area contributed by atoms with Crippen LogP contribution in [0.3, 0.4) is 0 Å². The molecule has 2 aromatic heterocycles. The maximum Gasteiger partial charge on any atom is 0.248 e. The van der Waals surface area contributed by atoms with Gasteiger partial charge in [0.15, 0.2) is 5.76 Å². The summed E-state index contributed by atoms with van der Waals surface area (Å²) in [6, 6.07) is 10.0. The van der Waals surface area contributed by atoms with Crippen LogP contribution in [0.15, 0.2) is 45.9 Å². The number of hydrogen-bond donors (Lipinski definition) is 0. The van der Waals surface area contributed by atoms with Crippen LogP contribution >= 0.6 is 0 Å². The monoisotopic (exact) mass is 400 g/mol. The zero-order chi connectivity index (χ0) is 19.9. The molecule has 0 N–H and O–H groups in total. The van der Waals surface area contributed by atoms with Gasteiger partial charge in [-0.25, -0.2) is 13.4 Å². The van der Waals surface area contributed by atoms with Crippen molar-refractivity contribution in [2.24, 2.45) is 0 Å². The fourth-order valence-electron chi connectivity index (χ4n) is 4.03. The van der Waals surface area contributed by atoms with Crippen molar-refractivity contribution < 1.29 is 12.9 Å². The van der Waals surface area contributed by atoms with Gasteiger partial charge in [-0.15, -0.1) is 0 Å². The Labute approximate surface area is 165 Å². The van der Waals surface area contributed by atoms with Gasteiger partial charge in [-0.05, 0) is 33.6 Å². The predicted octanol–water partition coefficient (Wildman–Crippen LogP) is 3.49. The lowest BCUT2D eigenvalue weighted by molar-refractivity contribution is 0.265. The first kappa shape index (κ1) is 18.9. The topological polar surface area (TPSA) is 81.2 Å². The fourth-order valence-corrected chi connectivity index (χ4v) is 5.84. The zero-order valence-electron chi connectivity index (χ0n) is 16.3. The SMILES string of the molecule is Cc1noc(C)c1S(=O)(=O)N1CCCC(n2c(C)cnc2-c2ccccc2)C1. The number of aromatic nitrogens is 3. The summed E-state index contributed by atoms with van der Waals surface area (Å²) in [4.78, 5) is 4.79. The molecule has 0 aliphatic carbocycles. The van der Waals surface area contributed by atoms with Crippen molar-refractivity contribution in [2.75, 3.05) is 13.1 Å². The Kier molecular flexibility index (Phi) is 4.84. The third-order valence-corrected chi connectivity index (χ3v) is 7.41. The summed E-state index contributed by atoms with van der Waals surface area (Å²) in [5.74, 6) is 1.21. The smallest absolute Gasteiger partial charge is 0.248 e. The van der Waals surface area contributed by atoms with Crippen LogP contribution in [-0.4, -0.2) is 40.5 Å². The van der Waals surface area contributed by atoms with Gasteiger partial charge in [-0.1, -0.05) is 35.5 Å². The van der Waals surface area contributed by atoms with Crippen molar-refractivity contribution >= 4 is 10.0 Å². The summed E-state index contributed by atoms with van der Waals surface area (Å²) >= 11 is 0. The normalized spacial score (nSPS) is 18.5. The Hall–Kier alpha value is -2.45. The Balaban J connectivity index is 1.69. The van der Waals surface area contributed by atoms with Crippen LogP contribution in [-0.2, 0) is 10.0 Å². The quantitative estimate of drug-likeness (QED) is 0.670. The maximum atomic E-state index is 13.2. The van der Waals surface area contributed by atoms with E-state index in [0.29, 0.717) is 24.5 Å². The average molecular weight is 401 g/mol. The second kappa shape index (κ2) is 7.18. The molecule has 28 heavy (non-hydrogen) atoms. The summed E-state index contributed by atoms with van der Waals surface area (Å²) in [6.45, 7) is 6.22. The van der Waals surface area contributed by atoms with Crippen molar-refractivity contribution in [2.45, 2.75) is 44.6 Å². The molecule has 0 amide bonds. The van der Waals surface area contributed by atoms with Crippen LogP contribution in [0.1, 0.15) is 36.0 Å². The number of piperidine rings is 1. The molecule has 0 bridgehead atoms. The number of imidazole rings is 1. The van der Waals surface area contributed by atoms with Crippen LogP contribution in [0.25, 0.3) is 11.4 Å². The fraction of sp³-hybridized carbons (Fsp3) is 0.400. The number of nitrogens with zero attached hydrogens (tertiary/aromatic N) is 4. The molecule has 1 atom stereocenters. The molecule has 3 aromatic rings. The van der Waals surface area contributed by atoms with E-state index in [1.165, 1.54) is 0 Å². The summed E-state index contributed by atoms with van der Waals surface area (Å²) in [5.41, 5.74) is 2.46. The Morgan fingerprint density at radius 3 is 2.57 bits per heavy atom. The molecule has 1 aliphatic heterocycles. The number of aryl methyl sites for hydroxylation is 3. The van der Waals surface area contributed by atoms with E-state index in [0.717, 1.165) is 29.9 Å². The number of benzene rings is 1. The number of sulfonamides is 1. The highest BCUT2D eigenvalue weighted by atomic mass is 32.2. The number of rotatable bonds is 4. The molecular weight excluding hydrogens is 376 g/mol. The zero-order valence-corrected chi connectivity index (χ0v) is 17.1. The average Bonchev–Trinajstić information content (AvgIpc) is 3.24. The van der Waals surface area contributed by atoms with Gasteiger partial charge in [0.25, 0.3) is 0 Å². The molecule has 1 unspecified atom stereocenters. The summed E-state index contributed by atoms with van der Waals surface area (Å²) in [5, 5.41) is 3.82. The molecular formula is C20H24N4O3S. The van der Waals surface area contributed by atoms with Gasteiger partial charge >= 0.3 is 0 Å². The predicted molar refractivity (Wildman–Crippen MR) is 105 cm³/mol. The lowest BCUT2D eigenvalue weighted by Gasteiger charge is -2.34. The molecule has 3 heterocycles. The van der Waals surface area contributed by atoms with E-state index in [9.17, 15) is 8.42 Å². The minimum atomic E-state index is -3.65. The van der Waals surface area contributed by atoms with E-state index in [1.807, 2.05) is 43.5 Å². The van der Waals surface area contributed by atoms with E-state index in [2.05, 4.69) is 14.7 Å². The molecule has 4 rings (SSSR count). The minimum Gasteiger partial charge on any atom is -0.360 e. The largest absolute Gasteiger partial charge is 0.360 e. The first-order valence-corrected chi connectivity index (χ1v) is 10.9. The molecule has 1 fully saturated rings. The maximum absolute atomic E-state index is 13.2. The molecule has 148 valence electrons. The third-order valence-electron chi connectivity index (χ3n) is 5.30. The molecule has 0 saturated carbocycles. The van der Waals surface area contributed by atoms with Crippen LogP contribution in [0.4, 0.5) is 0 Å². The van der Waals surface area contributed by atoms with E-state index in [-0.39, 0.29) is 10.9 Å². The first-order valence-electron chi connectivity index (χ1n) is 9.42. The van der Waals surface area contributed by atoms with Gasteiger partial charge in [0.2, 0.25) is 10.0 Å². The molecule has 1 saturated heterocycles. The van der Waals surface area contributed by atoms with Gasteiger partial charge in [0.05, 0.1) is 0 Å². The van der Waals surface area contributed by atoms with E-state index >= 15 is 0 Å². The van der Waals surface area contributed by atoms with Crippen molar-refractivity contribution in [1.29, 1.82) is 0 Å². The summed E-state index contributed by atoms with van der Waals surface area (Å²) in [7, 11) is -3.65. The van der Waals surface area contributed by atoms with Crippen LogP contribution in [0.5, 0.6) is 0 Å². The third kappa shape index (κ3) is 3.16. The molecule has 7 nitrogen and oxygen atoms in total. The Morgan fingerprint density at radius 2 is 1.89 bits per heavy atom. The molecule has 0 radical (unpaired) electrons. The van der Waals surface area contributed by atoms with Crippen LogP contribution < -0.4 is 0 Å². The van der Waals surface area contributed by atoms with Crippen molar-refractivity contribution in [1.82, 2.24) is 19.0 Å². The van der Waals surface area contributed by atoms with Crippen LogP contribution in [0.2, 0.25) is 0 Å². The highest BCUT2D eigenvalue weighted by Crippen LogP contribution is 2.33. The number of hydrogen-bond acceptors (Lipinski definition) is 5. The molecule has 8 heteroatoms. The second-order valence-corrected chi connectivity index (χ2v) is 9.15. The van der Waals surface area contributed by atoms with Gasteiger partial charge < -0.3 is 9.09 Å². The van der Waals surface area contributed by atoms with E-state index in [1.54, 1.807) is 18.2 Å². The van der Waals surface area contributed by atoms with E-state index in [4.69, 9.17) is 4.52 Å². The van der Waals surface area contributed by atoms with Gasteiger partial charge in [-0.3, -0.25) is 0 Å². The summed E-state index contributed by atoms with van der Waals surface area (Å²) in [6.07, 6.45) is 3.55. The highest BCUT2D eigenvalue weighted by Gasteiger charge is 2.35. The van der Waals surface area contributed by atoms with E-state index < -0.39 is 10.0 Å². The van der Waals surface area contributed by atoms with Gasteiger partial charge in [0.1, 0.15) is 16.4 Å². The van der Waals surface area contributed by atoms with Gasteiger partial charge in [-0.2, -0.15) is 4.31 Å². The van der Waals surface area contributed by atoms with Gasteiger partial charge in [0, 0.05) is 36.6 Å².